The Balaban J connectivity index is 1.17. The Morgan fingerprint density at radius 2 is 2.19 bits per heavy atom. The zero-order chi connectivity index (χ0) is 25.7. The third-order valence-corrected chi connectivity index (χ3v) is 8.14. The van der Waals surface area contributed by atoms with Crippen LogP contribution in [0.5, 0.6) is 11.5 Å². The standard InChI is InChI=1S/C26H23ClFN3O5S/c1-13-30-22(24(37-13)14-3-2-4-17(27)5-14)25(32)31-10-15-7-19(15)20(31)9-29-26(33)36-21-8-18(28)6-16-11-34-12-35-23(16)21/h2-6,8,15,19-20H,7,9-12H2,1H3,(H,29,33)/t15-,19-,20+/m0/s1. The predicted octanol–water partition coefficient (Wildman–Crippen LogP) is 5.03. The Morgan fingerprint density at radius 1 is 1.32 bits per heavy atom. The zero-order valence-electron chi connectivity index (χ0n) is 19.8. The van der Waals surface area contributed by atoms with Gasteiger partial charge in [-0.2, -0.15) is 0 Å². The van der Waals surface area contributed by atoms with E-state index in [0.717, 1.165) is 27.9 Å². The molecule has 192 valence electrons. The number of carbonyl (C=O) groups is 2. The number of aryl methyl sites for hydroxylation is 1. The highest BCUT2D eigenvalue weighted by atomic mass is 35.5. The number of nitrogens with one attached hydrogen (secondary N) is 1. The number of carbonyl (C=O) groups excluding carboxylic acids is 2. The SMILES string of the molecule is Cc1nc(C(=O)N2C[C@@H]3C[C@@H]3[C@H]2CNC(=O)Oc2cc(F)cc3c2OCOC3)c(-c2cccc(Cl)c2)s1. The lowest BCUT2D eigenvalue weighted by molar-refractivity contribution is -0.0180. The summed E-state index contributed by atoms with van der Waals surface area (Å²) in [5.74, 6) is 0.266. The van der Waals surface area contributed by atoms with Crippen molar-refractivity contribution in [2.24, 2.45) is 11.8 Å². The molecule has 3 heterocycles. The average Bonchev–Trinajstić information content (AvgIpc) is 3.38. The molecule has 1 saturated carbocycles. The molecule has 0 radical (unpaired) electrons. The Bertz CT molecular complexity index is 1400. The van der Waals surface area contributed by atoms with Crippen molar-refractivity contribution >= 4 is 34.9 Å². The normalized spacial score (nSPS) is 21.6. The summed E-state index contributed by atoms with van der Waals surface area (Å²) in [5.41, 5.74) is 1.70. The van der Waals surface area contributed by atoms with Crippen LogP contribution in [0.3, 0.4) is 0 Å². The summed E-state index contributed by atoms with van der Waals surface area (Å²) in [4.78, 5) is 33.4. The molecule has 8 nitrogen and oxygen atoms in total. The number of likely N-dealkylation sites (tertiary alicyclic amines) is 1. The first-order chi connectivity index (χ1) is 17.9. The second-order valence-corrected chi connectivity index (χ2v) is 11.0. The third-order valence-electron chi connectivity index (χ3n) is 6.89. The summed E-state index contributed by atoms with van der Waals surface area (Å²) >= 11 is 7.64. The van der Waals surface area contributed by atoms with Crippen LogP contribution >= 0.6 is 22.9 Å². The van der Waals surface area contributed by atoms with Crippen LogP contribution in [0, 0.1) is 24.6 Å². The van der Waals surface area contributed by atoms with Crippen LogP contribution < -0.4 is 14.8 Å². The van der Waals surface area contributed by atoms with E-state index in [2.05, 4.69) is 10.3 Å². The van der Waals surface area contributed by atoms with Gasteiger partial charge in [0, 0.05) is 29.7 Å². The molecule has 3 aliphatic rings. The molecule has 2 fully saturated rings. The average molecular weight is 544 g/mol. The van der Waals surface area contributed by atoms with Crippen molar-refractivity contribution < 1.29 is 28.2 Å². The van der Waals surface area contributed by atoms with Crippen LogP contribution in [0.4, 0.5) is 9.18 Å². The van der Waals surface area contributed by atoms with Crippen LogP contribution in [0.1, 0.15) is 27.5 Å². The van der Waals surface area contributed by atoms with Crippen LogP contribution in [-0.2, 0) is 11.3 Å². The van der Waals surface area contributed by atoms with Gasteiger partial charge in [0.2, 0.25) is 0 Å². The molecular weight excluding hydrogens is 521 g/mol. The van der Waals surface area contributed by atoms with Gasteiger partial charge in [0.1, 0.15) is 11.5 Å². The van der Waals surface area contributed by atoms with Gasteiger partial charge in [-0.1, -0.05) is 23.7 Å². The molecule has 1 N–H and O–H groups in total. The van der Waals surface area contributed by atoms with Crippen molar-refractivity contribution in [3.8, 4) is 21.9 Å². The number of amides is 2. The molecule has 1 saturated heterocycles. The topological polar surface area (TPSA) is 90.0 Å². The van der Waals surface area contributed by atoms with E-state index in [4.69, 9.17) is 25.8 Å². The van der Waals surface area contributed by atoms with Crippen LogP contribution in [-0.4, -0.2) is 47.8 Å². The lowest BCUT2D eigenvalue weighted by atomic mass is 10.1. The summed E-state index contributed by atoms with van der Waals surface area (Å²) in [6, 6.07) is 9.56. The van der Waals surface area contributed by atoms with Crippen molar-refractivity contribution in [3.05, 3.63) is 63.5 Å². The number of piperidine rings is 1. The van der Waals surface area contributed by atoms with Crippen LogP contribution in [0.15, 0.2) is 36.4 Å². The van der Waals surface area contributed by atoms with Gasteiger partial charge < -0.3 is 24.4 Å². The monoisotopic (exact) mass is 543 g/mol. The molecule has 37 heavy (non-hydrogen) atoms. The quantitative estimate of drug-likeness (QED) is 0.485. The Morgan fingerprint density at radius 3 is 3.03 bits per heavy atom. The Hall–Kier alpha value is -3.21. The van der Waals surface area contributed by atoms with E-state index < -0.39 is 11.9 Å². The fourth-order valence-corrected chi connectivity index (χ4v) is 6.24. The van der Waals surface area contributed by atoms with Crippen molar-refractivity contribution in [2.45, 2.75) is 26.0 Å². The van der Waals surface area contributed by atoms with Gasteiger partial charge in [-0.3, -0.25) is 4.79 Å². The van der Waals surface area contributed by atoms with Crippen molar-refractivity contribution in [3.63, 3.8) is 0 Å². The summed E-state index contributed by atoms with van der Waals surface area (Å²) in [5, 5.41) is 4.12. The van der Waals surface area contributed by atoms with Gasteiger partial charge >= 0.3 is 6.09 Å². The maximum Gasteiger partial charge on any atom is 0.412 e. The van der Waals surface area contributed by atoms with Crippen LogP contribution in [0.2, 0.25) is 5.02 Å². The van der Waals surface area contributed by atoms with Crippen molar-refractivity contribution in [1.29, 1.82) is 0 Å². The maximum absolute atomic E-state index is 14.0. The first-order valence-electron chi connectivity index (χ1n) is 11.9. The number of halogens is 2. The van der Waals surface area contributed by atoms with E-state index in [9.17, 15) is 14.0 Å². The lowest BCUT2D eigenvalue weighted by Gasteiger charge is -2.27. The molecule has 1 aliphatic carbocycles. The number of nitrogens with zero attached hydrogens (tertiary/aromatic N) is 2. The molecule has 2 aromatic carbocycles. The summed E-state index contributed by atoms with van der Waals surface area (Å²) in [6.07, 6.45) is 0.261. The van der Waals surface area contributed by atoms with E-state index in [0.29, 0.717) is 34.7 Å². The minimum Gasteiger partial charge on any atom is -0.463 e. The van der Waals surface area contributed by atoms with Gasteiger partial charge in [0.15, 0.2) is 18.3 Å². The Kier molecular flexibility index (Phi) is 6.26. The summed E-state index contributed by atoms with van der Waals surface area (Å²) < 4.78 is 29.9. The van der Waals surface area contributed by atoms with E-state index in [1.807, 2.05) is 25.1 Å². The van der Waals surface area contributed by atoms with Gasteiger partial charge in [-0.25, -0.2) is 14.2 Å². The second-order valence-electron chi connectivity index (χ2n) is 9.38. The van der Waals surface area contributed by atoms with Gasteiger partial charge in [0.05, 0.1) is 22.5 Å². The molecular formula is C26H23ClFN3O5S. The molecule has 2 amide bonds. The molecule has 11 heteroatoms. The number of rotatable bonds is 5. The van der Waals surface area contributed by atoms with Gasteiger partial charge in [-0.15, -0.1) is 11.3 Å². The van der Waals surface area contributed by atoms with Crippen molar-refractivity contribution in [2.75, 3.05) is 19.9 Å². The highest BCUT2D eigenvalue weighted by Crippen LogP contribution is 2.50. The van der Waals surface area contributed by atoms with Gasteiger partial charge in [-0.05, 0) is 48.9 Å². The predicted molar refractivity (Wildman–Crippen MR) is 134 cm³/mol. The molecule has 6 rings (SSSR count). The lowest BCUT2D eigenvalue weighted by Crippen LogP contribution is -2.46. The largest absolute Gasteiger partial charge is 0.463 e. The van der Waals surface area contributed by atoms with Crippen LogP contribution in [0.25, 0.3) is 10.4 Å². The fourth-order valence-electron chi connectivity index (χ4n) is 5.15. The maximum atomic E-state index is 14.0. The Labute approximate surface area is 221 Å². The van der Waals surface area contributed by atoms with E-state index >= 15 is 0 Å². The number of hydrogen-bond donors (Lipinski definition) is 1. The molecule has 0 bridgehead atoms. The number of ether oxygens (including phenoxy) is 3. The van der Waals surface area contributed by atoms with E-state index in [1.165, 1.54) is 17.4 Å². The molecule has 0 spiro atoms. The number of aromatic nitrogens is 1. The third kappa shape index (κ3) is 4.76. The minimum atomic E-state index is -0.747. The molecule has 0 unspecified atom stereocenters. The summed E-state index contributed by atoms with van der Waals surface area (Å²) in [7, 11) is 0. The molecule has 3 aromatic rings. The summed E-state index contributed by atoms with van der Waals surface area (Å²) in [6.45, 7) is 2.85. The molecule has 3 atom stereocenters. The molecule has 2 aliphatic heterocycles. The zero-order valence-corrected chi connectivity index (χ0v) is 21.4. The first kappa shape index (κ1) is 24.1. The number of thiazole rings is 1. The van der Waals surface area contributed by atoms with E-state index in [-0.39, 0.29) is 43.4 Å². The number of benzene rings is 2. The van der Waals surface area contributed by atoms with Gasteiger partial charge in [0.25, 0.3) is 5.91 Å². The fraction of sp³-hybridized carbons (Fsp3) is 0.346. The number of fused-ring (bicyclic) bond motifs is 2. The smallest absolute Gasteiger partial charge is 0.412 e. The molecule has 1 aromatic heterocycles. The number of hydrogen-bond acceptors (Lipinski definition) is 7. The highest BCUT2D eigenvalue weighted by molar-refractivity contribution is 7.15. The highest BCUT2D eigenvalue weighted by Gasteiger charge is 2.54. The van der Waals surface area contributed by atoms with E-state index in [1.54, 1.807) is 11.0 Å². The first-order valence-corrected chi connectivity index (χ1v) is 13.1. The van der Waals surface area contributed by atoms with Crippen molar-refractivity contribution in [1.82, 2.24) is 15.2 Å². The second kappa shape index (κ2) is 9.59. The minimum absolute atomic E-state index is 0.00784.